The molecule has 1 aromatic heterocycles. The molecule has 0 saturated heterocycles. The molecule has 0 saturated carbocycles. The van der Waals surface area contributed by atoms with E-state index < -0.39 is 11.9 Å². The molecule has 0 N–H and O–H groups in total. The summed E-state index contributed by atoms with van der Waals surface area (Å²) in [6.07, 6.45) is -0.0181. The van der Waals surface area contributed by atoms with Crippen LogP contribution in [0.2, 0.25) is 8.67 Å². The maximum Gasteiger partial charge on any atom is 0.310 e. The van der Waals surface area contributed by atoms with Gasteiger partial charge in [-0.25, -0.2) is 0 Å². The predicted molar refractivity (Wildman–Crippen MR) is 65.8 cm³/mol. The third-order valence-corrected chi connectivity index (χ3v) is 3.89. The number of halogens is 2. The number of ether oxygens (including phenoxy) is 2. The van der Waals surface area contributed by atoms with Crippen LogP contribution in [0.5, 0.6) is 0 Å². The molecule has 1 aromatic rings. The minimum absolute atomic E-state index is 0.00905. The molecule has 0 atom stereocenters. The Balaban J connectivity index is 3.01. The van der Waals surface area contributed by atoms with E-state index in [1.165, 1.54) is 14.2 Å². The lowest BCUT2D eigenvalue weighted by molar-refractivity contribution is -0.141. The van der Waals surface area contributed by atoms with Crippen LogP contribution in [0.1, 0.15) is 11.1 Å². The molecule has 4 nitrogen and oxygen atoms in total. The summed E-state index contributed by atoms with van der Waals surface area (Å²) in [5, 5.41) is 0. The van der Waals surface area contributed by atoms with Crippen molar-refractivity contribution in [3.63, 3.8) is 0 Å². The molecule has 0 aliphatic heterocycles. The molecule has 0 aliphatic carbocycles. The van der Waals surface area contributed by atoms with Crippen LogP contribution >= 0.6 is 34.5 Å². The molecular formula is C10H10Cl2O4S. The first kappa shape index (κ1) is 14.3. The van der Waals surface area contributed by atoms with Crippen LogP contribution in [-0.2, 0) is 31.9 Å². The van der Waals surface area contributed by atoms with Crippen molar-refractivity contribution in [2.24, 2.45) is 0 Å². The van der Waals surface area contributed by atoms with Crippen molar-refractivity contribution >= 4 is 46.5 Å². The van der Waals surface area contributed by atoms with E-state index in [-0.39, 0.29) is 12.8 Å². The van der Waals surface area contributed by atoms with Crippen LogP contribution in [0, 0.1) is 0 Å². The van der Waals surface area contributed by atoms with Gasteiger partial charge in [0.05, 0.1) is 35.7 Å². The number of carbonyl (C=O) groups excluding carboxylic acids is 2. The summed E-state index contributed by atoms with van der Waals surface area (Å²) in [7, 11) is 2.56. The maximum atomic E-state index is 11.2. The highest BCUT2D eigenvalue weighted by atomic mass is 35.5. The summed E-state index contributed by atoms with van der Waals surface area (Å²) in [6.45, 7) is 0. The number of carbonyl (C=O) groups is 2. The monoisotopic (exact) mass is 296 g/mol. The molecule has 1 heterocycles. The Morgan fingerprint density at radius 1 is 1.00 bits per heavy atom. The van der Waals surface area contributed by atoms with Crippen LogP contribution in [0.15, 0.2) is 0 Å². The Morgan fingerprint density at radius 2 is 1.35 bits per heavy atom. The quantitative estimate of drug-likeness (QED) is 0.801. The third kappa shape index (κ3) is 3.59. The zero-order valence-electron chi connectivity index (χ0n) is 9.21. The van der Waals surface area contributed by atoms with Crippen LogP contribution < -0.4 is 0 Å². The molecule has 0 aliphatic rings. The summed E-state index contributed by atoms with van der Waals surface area (Å²) >= 11 is 13.0. The highest BCUT2D eigenvalue weighted by molar-refractivity contribution is 7.20. The first-order chi connectivity index (χ1) is 7.99. The standard InChI is InChI=1S/C10H10Cl2O4S/c1-15-7(13)3-5-6(4-8(14)16-2)10(12)17-9(5)11/h3-4H2,1-2H3. The van der Waals surface area contributed by atoms with E-state index in [0.717, 1.165) is 11.3 Å². The fraction of sp³-hybridized carbons (Fsp3) is 0.400. The number of hydrogen-bond donors (Lipinski definition) is 0. The van der Waals surface area contributed by atoms with Gasteiger partial charge in [-0.3, -0.25) is 9.59 Å². The van der Waals surface area contributed by atoms with E-state index >= 15 is 0 Å². The van der Waals surface area contributed by atoms with Gasteiger partial charge in [-0.2, -0.15) is 0 Å². The Labute approximate surface area is 112 Å². The van der Waals surface area contributed by atoms with E-state index in [2.05, 4.69) is 9.47 Å². The molecule has 17 heavy (non-hydrogen) atoms. The lowest BCUT2D eigenvalue weighted by Crippen LogP contribution is -2.10. The van der Waals surface area contributed by atoms with Crippen molar-refractivity contribution in [1.82, 2.24) is 0 Å². The van der Waals surface area contributed by atoms with Crippen molar-refractivity contribution in [1.29, 1.82) is 0 Å². The van der Waals surface area contributed by atoms with Gasteiger partial charge in [0.25, 0.3) is 0 Å². The number of hydrogen-bond acceptors (Lipinski definition) is 5. The number of methoxy groups -OCH3 is 2. The largest absolute Gasteiger partial charge is 0.469 e. The molecule has 0 bridgehead atoms. The second kappa shape index (κ2) is 6.23. The SMILES string of the molecule is COC(=O)Cc1c(Cl)sc(Cl)c1CC(=O)OC. The minimum atomic E-state index is -0.438. The summed E-state index contributed by atoms with van der Waals surface area (Å²) in [5.41, 5.74) is 1.05. The van der Waals surface area contributed by atoms with Crippen LogP contribution in [0.25, 0.3) is 0 Å². The van der Waals surface area contributed by atoms with E-state index in [9.17, 15) is 9.59 Å². The normalized spacial score (nSPS) is 10.1. The highest BCUT2D eigenvalue weighted by Crippen LogP contribution is 2.37. The Kier molecular flexibility index (Phi) is 5.24. The van der Waals surface area contributed by atoms with E-state index in [1.807, 2.05) is 0 Å². The zero-order valence-corrected chi connectivity index (χ0v) is 11.5. The topological polar surface area (TPSA) is 52.6 Å². The maximum absolute atomic E-state index is 11.2. The molecule has 0 spiro atoms. The van der Waals surface area contributed by atoms with Gasteiger partial charge in [0, 0.05) is 0 Å². The molecule has 0 fully saturated rings. The first-order valence-electron chi connectivity index (χ1n) is 4.58. The van der Waals surface area contributed by atoms with Crippen molar-refractivity contribution in [3.05, 3.63) is 19.8 Å². The van der Waals surface area contributed by atoms with Crippen molar-refractivity contribution in [2.75, 3.05) is 14.2 Å². The predicted octanol–water partition coefficient (Wildman–Crippen LogP) is 2.49. The minimum Gasteiger partial charge on any atom is -0.469 e. The summed E-state index contributed by atoms with van der Waals surface area (Å²) in [6, 6.07) is 0. The van der Waals surface area contributed by atoms with Gasteiger partial charge in [-0.05, 0) is 11.1 Å². The highest BCUT2D eigenvalue weighted by Gasteiger charge is 2.21. The van der Waals surface area contributed by atoms with Crippen molar-refractivity contribution in [2.45, 2.75) is 12.8 Å². The molecule has 94 valence electrons. The molecule has 0 unspecified atom stereocenters. The molecule has 0 amide bonds. The van der Waals surface area contributed by atoms with Gasteiger partial charge in [0.2, 0.25) is 0 Å². The molecule has 7 heteroatoms. The van der Waals surface area contributed by atoms with Crippen LogP contribution in [0.4, 0.5) is 0 Å². The zero-order chi connectivity index (χ0) is 13.0. The summed E-state index contributed by atoms with van der Waals surface area (Å²) in [5.74, 6) is -0.875. The molecule has 0 radical (unpaired) electrons. The van der Waals surface area contributed by atoms with Gasteiger partial charge in [0.1, 0.15) is 0 Å². The van der Waals surface area contributed by atoms with E-state index in [4.69, 9.17) is 23.2 Å². The smallest absolute Gasteiger partial charge is 0.310 e. The summed E-state index contributed by atoms with van der Waals surface area (Å²) in [4.78, 5) is 22.4. The van der Waals surface area contributed by atoms with Gasteiger partial charge >= 0.3 is 11.9 Å². The third-order valence-electron chi connectivity index (χ3n) is 2.12. The number of esters is 2. The van der Waals surface area contributed by atoms with E-state index in [0.29, 0.717) is 19.8 Å². The van der Waals surface area contributed by atoms with Gasteiger partial charge in [-0.15, -0.1) is 11.3 Å². The lowest BCUT2D eigenvalue weighted by Gasteiger charge is -2.03. The number of thiophene rings is 1. The fourth-order valence-electron chi connectivity index (χ4n) is 1.22. The second-order valence-corrected chi connectivity index (χ2v) is 5.34. The lowest BCUT2D eigenvalue weighted by atomic mass is 10.1. The van der Waals surface area contributed by atoms with Gasteiger partial charge in [-0.1, -0.05) is 23.2 Å². The molecule has 0 aromatic carbocycles. The Bertz CT molecular complexity index is 403. The van der Waals surface area contributed by atoms with Crippen molar-refractivity contribution in [3.8, 4) is 0 Å². The second-order valence-electron chi connectivity index (χ2n) is 3.11. The molecular weight excluding hydrogens is 287 g/mol. The Morgan fingerprint density at radius 3 is 1.65 bits per heavy atom. The average Bonchev–Trinajstić information content (AvgIpc) is 2.55. The molecule has 1 rings (SSSR count). The van der Waals surface area contributed by atoms with Gasteiger partial charge in [0.15, 0.2) is 0 Å². The Hall–Kier alpha value is -0.780. The number of rotatable bonds is 4. The van der Waals surface area contributed by atoms with E-state index in [1.54, 1.807) is 0 Å². The van der Waals surface area contributed by atoms with Crippen LogP contribution in [0.3, 0.4) is 0 Å². The first-order valence-corrected chi connectivity index (χ1v) is 6.16. The van der Waals surface area contributed by atoms with Crippen LogP contribution in [-0.4, -0.2) is 26.2 Å². The summed E-state index contributed by atoms with van der Waals surface area (Å²) < 4.78 is 9.88. The fourth-order valence-corrected chi connectivity index (χ4v) is 2.96. The van der Waals surface area contributed by atoms with Gasteiger partial charge < -0.3 is 9.47 Å². The average molecular weight is 297 g/mol. The van der Waals surface area contributed by atoms with Crippen molar-refractivity contribution < 1.29 is 19.1 Å².